The molecule has 3 rings (SSSR count). The minimum atomic E-state index is -0.257. The number of hydrogen-bond donors (Lipinski definition) is 2. The lowest BCUT2D eigenvalue weighted by atomic mass is 10.2. The highest BCUT2D eigenvalue weighted by Gasteiger charge is 2.08. The molecule has 0 saturated carbocycles. The van der Waals surface area contributed by atoms with Crippen LogP contribution in [0.4, 0.5) is 4.79 Å². The molecule has 2 amide bonds. The first-order chi connectivity index (χ1) is 11.3. The molecule has 0 aliphatic rings. The number of amides is 2. The standard InChI is InChI=1S/C17H17N3O3/c1-22-13-8-6-12(7-9-13)10-18-17(21)19-11-15-14-4-2-3-5-16(14)23-20-15/h2-9H,10-11H2,1H3,(H2,18,19,21). The molecule has 23 heavy (non-hydrogen) atoms. The average Bonchev–Trinajstić information content (AvgIpc) is 3.02. The molecule has 0 bridgehead atoms. The zero-order valence-electron chi connectivity index (χ0n) is 12.7. The van der Waals surface area contributed by atoms with E-state index >= 15 is 0 Å². The first-order valence-corrected chi connectivity index (χ1v) is 7.24. The number of carbonyl (C=O) groups excluding carboxylic acids is 1. The molecule has 1 heterocycles. The van der Waals surface area contributed by atoms with Gasteiger partial charge in [-0.15, -0.1) is 0 Å². The Labute approximate surface area is 133 Å². The summed E-state index contributed by atoms with van der Waals surface area (Å²) in [5, 5.41) is 10.4. The van der Waals surface area contributed by atoms with E-state index in [0.29, 0.717) is 24.4 Å². The van der Waals surface area contributed by atoms with Gasteiger partial charge >= 0.3 is 6.03 Å². The minimum Gasteiger partial charge on any atom is -0.497 e. The average molecular weight is 311 g/mol. The molecule has 2 N–H and O–H groups in total. The second kappa shape index (κ2) is 6.83. The second-order valence-corrected chi connectivity index (χ2v) is 5.01. The molecule has 0 saturated heterocycles. The molecule has 2 aromatic carbocycles. The van der Waals surface area contributed by atoms with Crippen LogP contribution in [-0.4, -0.2) is 18.3 Å². The van der Waals surface area contributed by atoms with Crippen LogP contribution < -0.4 is 15.4 Å². The summed E-state index contributed by atoms with van der Waals surface area (Å²) in [4.78, 5) is 11.9. The summed E-state index contributed by atoms with van der Waals surface area (Å²) in [6.45, 7) is 0.751. The van der Waals surface area contributed by atoms with E-state index in [9.17, 15) is 4.79 Å². The monoisotopic (exact) mass is 311 g/mol. The van der Waals surface area contributed by atoms with Crippen LogP contribution in [0.1, 0.15) is 11.3 Å². The number of fused-ring (bicyclic) bond motifs is 1. The quantitative estimate of drug-likeness (QED) is 0.759. The maximum atomic E-state index is 11.9. The smallest absolute Gasteiger partial charge is 0.315 e. The van der Waals surface area contributed by atoms with Crippen molar-refractivity contribution in [3.05, 3.63) is 59.8 Å². The van der Waals surface area contributed by atoms with Crippen molar-refractivity contribution in [3.8, 4) is 5.75 Å². The van der Waals surface area contributed by atoms with E-state index in [1.165, 1.54) is 0 Å². The fourth-order valence-electron chi connectivity index (χ4n) is 2.22. The van der Waals surface area contributed by atoms with Crippen molar-refractivity contribution in [3.63, 3.8) is 0 Å². The molecule has 0 aliphatic heterocycles. The van der Waals surface area contributed by atoms with E-state index in [0.717, 1.165) is 16.7 Å². The van der Waals surface area contributed by atoms with Gasteiger partial charge in [0, 0.05) is 11.9 Å². The molecule has 0 fully saturated rings. The first-order valence-electron chi connectivity index (χ1n) is 7.24. The molecule has 1 aromatic heterocycles. The Kier molecular flexibility index (Phi) is 4.42. The molecule has 0 unspecified atom stereocenters. The number of nitrogens with one attached hydrogen (secondary N) is 2. The van der Waals surface area contributed by atoms with Crippen LogP contribution in [0.5, 0.6) is 5.75 Å². The van der Waals surface area contributed by atoms with Gasteiger partial charge in [-0.25, -0.2) is 4.79 Å². The molecule has 6 nitrogen and oxygen atoms in total. The molecular formula is C17H17N3O3. The van der Waals surface area contributed by atoms with Crippen LogP contribution in [0.3, 0.4) is 0 Å². The molecule has 0 atom stereocenters. The van der Waals surface area contributed by atoms with Crippen molar-refractivity contribution in [2.45, 2.75) is 13.1 Å². The second-order valence-electron chi connectivity index (χ2n) is 5.01. The molecular weight excluding hydrogens is 294 g/mol. The van der Waals surface area contributed by atoms with Gasteiger partial charge in [0.2, 0.25) is 0 Å². The van der Waals surface area contributed by atoms with Gasteiger partial charge in [0.1, 0.15) is 11.4 Å². The predicted octanol–water partition coefficient (Wildman–Crippen LogP) is 2.84. The van der Waals surface area contributed by atoms with Gasteiger partial charge in [-0.05, 0) is 29.8 Å². The molecule has 0 radical (unpaired) electrons. The van der Waals surface area contributed by atoms with Crippen LogP contribution in [0, 0.1) is 0 Å². The van der Waals surface area contributed by atoms with E-state index in [2.05, 4.69) is 15.8 Å². The highest BCUT2D eigenvalue weighted by molar-refractivity contribution is 5.80. The van der Waals surface area contributed by atoms with Gasteiger partial charge in [0.15, 0.2) is 5.58 Å². The lowest BCUT2D eigenvalue weighted by molar-refractivity contribution is 0.240. The molecule has 0 spiro atoms. The molecule has 118 valence electrons. The van der Waals surface area contributed by atoms with Crippen molar-refractivity contribution in [2.24, 2.45) is 0 Å². The number of benzene rings is 2. The number of para-hydroxylation sites is 1. The van der Waals surface area contributed by atoms with Gasteiger partial charge < -0.3 is 19.9 Å². The van der Waals surface area contributed by atoms with Crippen LogP contribution in [0.25, 0.3) is 11.0 Å². The Balaban J connectivity index is 1.51. The van der Waals surface area contributed by atoms with Gasteiger partial charge in [0.25, 0.3) is 0 Å². The lowest BCUT2D eigenvalue weighted by Crippen LogP contribution is -2.34. The topological polar surface area (TPSA) is 76.4 Å². The summed E-state index contributed by atoms with van der Waals surface area (Å²) in [7, 11) is 1.62. The summed E-state index contributed by atoms with van der Waals surface area (Å²) >= 11 is 0. The normalized spacial score (nSPS) is 10.5. The Bertz CT molecular complexity index is 796. The van der Waals surface area contributed by atoms with E-state index in [1.807, 2.05) is 48.5 Å². The molecule has 0 aliphatic carbocycles. The van der Waals surface area contributed by atoms with Gasteiger partial charge in [-0.3, -0.25) is 0 Å². The van der Waals surface area contributed by atoms with Crippen molar-refractivity contribution < 1.29 is 14.1 Å². The van der Waals surface area contributed by atoms with Crippen molar-refractivity contribution in [1.29, 1.82) is 0 Å². The number of nitrogens with zero attached hydrogens (tertiary/aromatic N) is 1. The fourth-order valence-corrected chi connectivity index (χ4v) is 2.22. The predicted molar refractivity (Wildman–Crippen MR) is 86.1 cm³/mol. The maximum Gasteiger partial charge on any atom is 0.315 e. The summed E-state index contributed by atoms with van der Waals surface area (Å²) in [6, 6.07) is 14.8. The van der Waals surface area contributed by atoms with Crippen molar-refractivity contribution >= 4 is 17.0 Å². The number of rotatable bonds is 5. The fraction of sp³-hybridized carbons (Fsp3) is 0.176. The van der Waals surface area contributed by atoms with Crippen LogP contribution in [0.2, 0.25) is 0 Å². The zero-order valence-corrected chi connectivity index (χ0v) is 12.7. The van der Waals surface area contributed by atoms with E-state index in [1.54, 1.807) is 7.11 Å². The summed E-state index contributed by atoms with van der Waals surface area (Å²) < 4.78 is 10.3. The summed E-state index contributed by atoms with van der Waals surface area (Å²) in [5.41, 5.74) is 2.41. The van der Waals surface area contributed by atoms with Crippen LogP contribution in [0.15, 0.2) is 53.1 Å². The van der Waals surface area contributed by atoms with E-state index < -0.39 is 0 Å². The SMILES string of the molecule is COc1ccc(CNC(=O)NCc2noc3ccccc23)cc1. The summed E-state index contributed by atoms with van der Waals surface area (Å²) in [6.07, 6.45) is 0. The minimum absolute atomic E-state index is 0.257. The summed E-state index contributed by atoms with van der Waals surface area (Å²) in [5.74, 6) is 0.788. The highest BCUT2D eigenvalue weighted by Crippen LogP contribution is 2.17. The Morgan fingerprint density at radius 2 is 1.83 bits per heavy atom. The van der Waals surface area contributed by atoms with Gasteiger partial charge in [-0.1, -0.05) is 29.4 Å². The van der Waals surface area contributed by atoms with E-state index in [4.69, 9.17) is 9.26 Å². The highest BCUT2D eigenvalue weighted by atomic mass is 16.5. The van der Waals surface area contributed by atoms with Crippen LogP contribution >= 0.6 is 0 Å². The Hall–Kier alpha value is -3.02. The van der Waals surface area contributed by atoms with Gasteiger partial charge in [-0.2, -0.15) is 0 Å². The molecule has 3 aromatic rings. The van der Waals surface area contributed by atoms with Crippen LogP contribution in [-0.2, 0) is 13.1 Å². The third kappa shape index (κ3) is 3.60. The number of aromatic nitrogens is 1. The Morgan fingerprint density at radius 1 is 1.09 bits per heavy atom. The Morgan fingerprint density at radius 3 is 2.61 bits per heavy atom. The molecule has 6 heteroatoms. The number of urea groups is 1. The first kappa shape index (κ1) is 14.9. The lowest BCUT2D eigenvalue weighted by Gasteiger charge is -2.07. The third-order valence-electron chi connectivity index (χ3n) is 3.48. The van der Waals surface area contributed by atoms with Gasteiger partial charge in [0.05, 0.1) is 13.7 Å². The largest absolute Gasteiger partial charge is 0.497 e. The number of ether oxygens (including phenoxy) is 1. The van der Waals surface area contributed by atoms with Crippen molar-refractivity contribution in [1.82, 2.24) is 15.8 Å². The van der Waals surface area contributed by atoms with Crippen molar-refractivity contribution in [2.75, 3.05) is 7.11 Å². The zero-order chi connectivity index (χ0) is 16.1. The third-order valence-corrected chi connectivity index (χ3v) is 3.48. The number of hydrogen-bond acceptors (Lipinski definition) is 4. The number of carbonyl (C=O) groups is 1. The number of methoxy groups -OCH3 is 1. The van der Waals surface area contributed by atoms with E-state index in [-0.39, 0.29) is 6.03 Å². The maximum absolute atomic E-state index is 11.9.